The summed E-state index contributed by atoms with van der Waals surface area (Å²) < 4.78 is 11.4. The van der Waals surface area contributed by atoms with Gasteiger partial charge in [0.2, 0.25) is 0 Å². The number of aromatic nitrogens is 2. The number of imide groups is 1. The van der Waals surface area contributed by atoms with E-state index in [-0.39, 0.29) is 18.4 Å². The van der Waals surface area contributed by atoms with E-state index in [1.165, 1.54) is 16.7 Å². The van der Waals surface area contributed by atoms with Crippen LogP contribution in [0.3, 0.4) is 0 Å². The van der Waals surface area contributed by atoms with Crippen molar-refractivity contribution < 1.29 is 18.7 Å². The van der Waals surface area contributed by atoms with E-state index in [0.29, 0.717) is 41.0 Å². The fraction of sp³-hybridized carbons (Fsp3) is 0.273. The summed E-state index contributed by atoms with van der Waals surface area (Å²) in [6.07, 6.45) is 0.632. The molecular weight excluding hydrogens is 402 g/mol. The van der Waals surface area contributed by atoms with Gasteiger partial charge >= 0.3 is 0 Å². The summed E-state index contributed by atoms with van der Waals surface area (Å²) in [5.41, 5.74) is 3.11. The molecule has 0 N–H and O–H groups in total. The molecule has 0 fully saturated rings. The van der Waals surface area contributed by atoms with Gasteiger partial charge in [0.1, 0.15) is 5.75 Å². The minimum atomic E-state index is -0.232. The third-order valence-corrected chi connectivity index (χ3v) is 5.68. The fourth-order valence-electron chi connectivity index (χ4n) is 3.18. The van der Waals surface area contributed by atoms with Gasteiger partial charge in [-0.15, -0.1) is 10.2 Å². The van der Waals surface area contributed by atoms with Crippen molar-refractivity contribution in [3.8, 4) is 5.75 Å². The number of carbonyl (C=O) groups is 2. The Balaban J connectivity index is 1.24. The van der Waals surface area contributed by atoms with Gasteiger partial charge in [-0.2, -0.15) is 0 Å². The molecule has 30 heavy (non-hydrogen) atoms. The Bertz CT molecular complexity index is 1060. The molecule has 0 radical (unpaired) electrons. The molecule has 0 saturated carbocycles. The average molecular weight is 423 g/mol. The van der Waals surface area contributed by atoms with Gasteiger partial charge in [-0.3, -0.25) is 14.5 Å². The molecule has 8 heteroatoms. The van der Waals surface area contributed by atoms with Gasteiger partial charge in [0.25, 0.3) is 22.9 Å². The van der Waals surface area contributed by atoms with E-state index >= 15 is 0 Å². The summed E-state index contributed by atoms with van der Waals surface area (Å²) >= 11 is 1.39. The Labute approximate surface area is 178 Å². The van der Waals surface area contributed by atoms with Crippen molar-refractivity contribution in [1.82, 2.24) is 15.1 Å². The van der Waals surface area contributed by atoms with Crippen LogP contribution in [-0.4, -0.2) is 39.2 Å². The maximum atomic E-state index is 12.4. The number of fused-ring (bicyclic) bond motifs is 1. The Morgan fingerprint density at radius 2 is 1.77 bits per heavy atom. The summed E-state index contributed by atoms with van der Waals surface area (Å²) in [5, 5.41) is 8.47. The molecule has 2 amide bonds. The molecule has 7 nitrogen and oxygen atoms in total. The number of benzene rings is 2. The number of thioether (sulfide) groups is 1. The zero-order valence-corrected chi connectivity index (χ0v) is 17.6. The Hall–Kier alpha value is -3.13. The first-order chi connectivity index (χ1) is 14.5. The Morgan fingerprint density at radius 3 is 2.50 bits per heavy atom. The van der Waals surface area contributed by atoms with E-state index in [1.54, 1.807) is 24.3 Å². The van der Waals surface area contributed by atoms with Gasteiger partial charge in [-0.1, -0.05) is 36.0 Å². The van der Waals surface area contributed by atoms with Gasteiger partial charge in [-0.25, -0.2) is 0 Å². The topological polar surface area (TPSA) is 85.5 Å². The molecule has 3 aromatic rings. The minimum absolute atomic E-state index is 0.201. The van der Waals surface area contributed by atoms with Gasteiger partial charge in [0.05, 0.1) is 11.1 Å². The lowest BCUT2D eigenvalue weighted by atomic mass is 10.1. The van der Waals surface area contributed by atoms with Crippen molar-refractivity contribution in [3.63, 3.8) is 0 Å². The molecule has 1 aromatic heterocycles. The molecule has 0 bridgehead atoms. The molecule has 4 rings (SSSR count). The molecule has 1 aliphatic rings. The maximum absolute atomic E-state index is 12.4. The second-order valence-electron chi connectivity index (χ2n) is 7.03. The zero-order valence-electron chi connectivity index (χ0n) is 16.8. The number of aryl methyl sites for hydroxylation is 2. The number of hydrogen-bond donors (Lipinski definition) is 0. The second kappa shape index (κ2) is 8.71. The Morgan fingerprint density at radius 1 is 1.03 bits per heavy atom. The van der Waals surface area contributed by atoms with Crippen LogP contribution in [0.2, 0.25) is 0 Å². The van der Waals surface area contributed by atoms with Crippen LogP contribution in [0.1, 0.15) is 44.2 Å². The predicted molar refractivity (Wildman–Crippen MR) is 112 cm³/mol. The molecule has 0 aliphatic carbocycles. The van der Waals surface area contributed by atoms with Crippen LogP contribution >= 0.6 is 11.8 Å². The SMILES string of the molecule is Cc1ccc(C)c(OCc2nnc(SCCCN3C(=O)c4ccccc4C3=O)o2)c1. The number of ether oxygens (including phenoxy) is 1. The zero-order chi connectivity index (χ0) is 21.1. The smallest absolute Gasteiger partial charge is 0.276 e. The van der Waals surface area contributed by atoms with Crippen molar-refractivity contribution in [1.29, 1.82) is 0 Å². The van der Waals surface area contributed by atoms with Gasteiger partial charge in [0.15, 0.2) is 6.61 Å². The van der Waals surface area contributed by atoms with E-state index in [0.717, 1.165) is 16.9 Å². The monoisotopic (exact) mass is 423 g/mol. The lowest BCUT2D eigenvalue weighted by Crippen LogP contribution is -2.30. The first-order valence-corrected chi connectivity index (χ1v) is 10.6. The maximum Gasteiger partial charge on any atom is 0.276 e. The van der Waals surface area contributed by atoms with Crippen LogP contribution in [0.4, 0.5) is 0 Å². The van der Waals surface area contributed by atoms with Crippen molar-refractivity contribution in [3.05, 3.63) is 70.6 Å². The molecule has 0 saturated heterocycles. The molecular formula is C22H21N3O4S. The highest BCUT2D eigenvalue weighted by Crippen LogP contribution is 2.24. The van der Waals surface area contributed by atoms with E-state index in [9.17, 15) is 9.59 Å². The predicted octanol–water partition coefficient (Wildman–Crippen LogP) is 4.04. The van der Waals surface area contributed by atoms with Crippen LogP contribution in [0.25, 0.3) is 0 Å². The van der Waals surface area contributed by atoms with Crippen molar-refractivity contribution in [2.24, 2.45) is 0 Å². The van der Waals surface area contributed by atoms with E-state index < -0.39 is 0 Å². The first-order valence-electron chi connectivity index (χ1n) is 9.63. The average Bonchev–Trinajstić information content (AvgIpc) is 3.30. The van der Waals surface area contributed by atoms with Crippen molar-refractivity contribution in [2.45, 2.75) is 32.1 Å². The molecule has 0 spiro atoms. The van der Waals surface area contributed by atoms with Gasteiger partial charge in [0, 0.05) is 12.3 Å². The highest BCUT2D eigenvalue weighted by Gasteiger charge is 2.34. The molecule has 0 unspecified atom stereocenters. The summed E-state index contributed by atoms with van der Waals surface area (Å²) in [6, 6.07) is 12.9. The highest BCUT2D eigenvalue weighted by atomic mass is 32.2. The number of nitrogens with zero attached hydrogens (tertiary/aromatic N) is 3. The molecule has 1 aliphatic heterocycles. The third kappa shape index (κ3) is 4.23. The molecule has 0 atom stereocenters. The van der Waals surface area contributed by atoms with Crippen LogP contribution < -0.4 is 4.74 Å². The van der Waals surface area contributed by atoms with Crippen molar-refractivity contribution in [2.75, 3.05) is 12.3 Å². The standard InChI is InChI=1S/C22H21N3O4S/c1-14-8-9-15(2)18(12-14)28-13-19-23-24-22(29-19)30-11-5-10-25-20(26)16-6-3-4-7-17(16)21(25)27/h3-4,6-9,12H,5,10-11,13H2,1-2H3. The first kappa shape index (κ1) is 20.2. The largest absolute Gasteiger partial charge is 0.484 e. The normalized spacial score (nSPS) is 13.1. The second-order valence-corrected chi connectivity index (χ2v) is 8.08. The summed E-state index contributed by atoms with van der Waals surface area (Å²) in [4.78, 5) is 26.0. The minimum Gasteiger partial charge on any atom is -0.484 e. The van der Waals surface area contributed by atoms with Gasteiger partial charge in [-0.05, 0) is 49.6 Å². The van der Waals surface area contributed by atoms with Crippen molar-refractivity contribution >= 4 is 23.6 Å². The fourth-order valence-corrected chi connectivity index (χ4v) is 3.88. The van der Waals surface area contributed by atoms with E-state index in [2.05, 4.69) is 10.2 Å². The number of amides is 2. The van der Waals surface area contributed by atoms with E-state index in [4.69, 9.17) is 9.15 Å². The van der Waals surface area contributed by atoms with E-state index in [1.807, 2.05) is 32.0 Å². The van der Waals surface area contributed by atoms with Crippen LogP contribution in [0.15, 0.2) is 52.1 Å². The number of rotatable bonds is 8. The molecule has 154 valence electrons. The number of hydrogen-bond acceptors (Lipinski definition) is 7. The molecule has 2 heterocycles. The van der Waals surface area contributed by atoms with Crippen LogP contribution in [0, 0.1) is 13.8 Å². The number of carbonyl (C=O) groups excluding carboxylic acids is 2. The summed E-state index contributed by atoms with van der Waals surface area (Å²) in [7, 11) is 0. The van der Waals surface area contributed by atoms with Gasteiger partial charge < -0.3 is 9.15 Å². The summed E-state index contributed by atoms with van der Waals surface area (Å²) in [5.74, 6) is 1.38. The highest BCUT2D eigenvalue weighted by molar-refractivity contribution is 7.99. The van der Waals surface area contributed by atoms with Crippen LogP contribution in [0.5, 0.6) is 5.75 Å². The quantitative estimate of drug-likeness (QED) is 0.307. The summed E-state index contributed by atoms with van der Waals surface area (Å²) in [6.45, 7) is 4.55. The molecule has 2 aromatic carbocycles. The van der Waals surface area contributed by atoms with Crippen LogP contribution in [-0.2, 0) is 6.61 Å². The lowest BCUT2D eigenvalue weighted by molar-refractivity contribution is 0.0655. The third-order valence-electron chi connectivity index (χ3n) is 4.77. The Kier molecular flexibility index (Phi) is 5.85. The lowest BCUT2D eigenvalue weighted by Gasteiger charge is -2.12.